The fourth-order valence-corrected chi connectivity index (χ4v) is 2.47. The van der Waals surface area contributed by atoms with Gasteiger partial charge in [0.15, 0.2) is 0 Å². The molecule has 0 radical (unpaired) electrons. The minimum Gasteiger partial charge on any atom is -0.229 e. The van der Waals surface area contributed by atoms with Gasteiger partial charge in [-0.3, -0.25) is 0 Å². The van der Waals surface area contributed by atoms with Gasteiger partial charge in [-0.1, -0.05) is 48.0 Å². The van der Waals surface area contributed by atoms with Crippen molar-refractivity contribution in [2.45, 2.75) is 44.9 Å². The Morgan fingerprint density at radius 1 is 0.857 bits per heavy atom. The van der Waals surface area contributed by atoms with Crippen LogP contribution in [0.4, 0.5) is 0 Å². The summed E-state index contributed by atoms with van der Waals surface area (Å²) < 4.78 is 21.6. The normalized spacial score (nSPS) is 11.9. The van der Waals surface area contributed by atoms with Gasteiger partial charge in [0, 0.05) is 17.3 Å². The van der Waals surface area contributed by atoms with E-state index >= 15 is 0 Å². The molecule has 0 atom stereocenters. The Balaban J connectivity index is 3.07. The molecule has 0 fully saturated rings. The molecule has 0 aromatic heterocycles. The number of hydrogen-bond acceptors (Lipinski definition) is 2. The Bertz CT molecular complexity index is 212. The first-order valence-corrected chi connectivity index (χ1v) is 8.48. The second-order valence-electron chi connectivity index (χ2n) is 3.79. The van der Waals surface area contributed by atoms with Crippen LogP contribution in [0.15, 0.2) is 0 Å². The molecule has 0 saturated carbocycles. The van der Waals surface area contributed by atoms with Crippen LogP contribution in [0.2, 0.25) is 0 Å². The van der Waals surface area contributed by atoms with Crippen molar-refractivity contribution in [2.24, 2.45) is 0 Å². The van der Waals surface area contributed by atoms with Crippen LogP contribution in [0.1, 0.15) is 44.9 Å². The van der Waals surface area contributed by atoms with Crippen LogP contribution in [0.25, 0.3) is 0 Å². The maximum atomic E-state index is 10.8. The molecule has 0 rings (SSSR count). The summed E-state index contributed by atoms with van der Waals surface area (Å²) in [6, 6.07) is 0. The summed E-state index contributed by atoms with van der Waals surface area (Å²) in [4.78, 5) is 0. The fourth-order valence-electron chi connectivity index (χ4n) is 1.34. The van der Waals surface area contributed by atoms with Crippen LogP contribution in [-0.4, -0.2) is 25.8 Å². The van der Waals surface area contributed by atoms with E-state index in [9.17, 15) is 8.42 Å². The van der Waals surface area contributed by atoms with Gasteiger partial charge in [0.2, 0.25) is 0 Å². The average Bonchev–Trinajstić information content (AvgIpc) is 2.08. The summed E-state index contributed by atoms with van der Waals surface area (Å²) in [5.41, 5.74) is 0. The SMILES string of the molecule is CS(=O)(=O)CCCCCCCCCBr. The first kappa shape index (κ1) is 14.4. The molecule has 0 saturated heterocycles. The van der Waals surface area contributed by atoms with Gasteiger partial charge in [0.05, 0.1) is 0 Å². The Hall–Kier alpha value is 0.430. The van der Waals surface area contributed by atoms with E-state index in [0.29, 0.717) is 5.75 Å². The molecular weight excluding hydrogens is 264 g/mol. The van der Waals surface area contributed by atoms with Crippen molar-refractivity contribution >= 4 is 25.8 Å². The zero-order valence-corrected chi connectivity index (χ0v) is 11.4. The van der Waals surface area contributed by atoms with E-state index < -0.39 is 9.84 Å². The summed E-state index contributed by atoms with van der Waals surface area (Å²) in [5, 5.41) is 1.10. The number of hydrogen-bond donors (Lipinski definition) is 0. The number of unbranched alkanes of at least 4 members (excludes halogenated alkanes) is 6. The summed E-state index contributed by atoms with van der Waals surface area (Å²) >= 11 is 3.40. The van der Waals surface area contributed by atoms with E-state index in [1.54, 1.807) is 0 Å². The zero-order valence-electron chi connectivity index (χ0n) is 8.97. The third-order valence-electron chi connectivity index (χ3n) is 2.15. The summed E-state index contributed by atoms with van der Waals surface area (Å²) in [6.45, 7) is 0. The van der Waals surface area contributed by atoms with Crippen LogP contribution in [0.3, 0.4) is 0 Å². The molecule has 0 N–H and O–H groups in total. The molecule has 0 unspecified atom stereocenters. The lowest BCUT2D eigenvalue weighted by Crippen LogP contribution is -2.02. The molecule has 86 valence electrons. The van der Waals surface area contributed by atoms with Crippen molar-refractivity contribution in [3.63, 3.8) is 0 Å². The van der Waals surface area contributed by atoms with Crippen molar-refractivity contribution < 1.29 is 8.42 Å². The standard InChI is InChI=1S/C10H21BrO2S/c1-14(12,13)10-8-6-4-2-3-5-7-9-11/h2-10H2,1H3. The number of sulfone groups is 1. The Morgan fingerprint density at radius 2 is 1.29 bits per heavy atom. The van der Waals surface area contributed by atoms with Crippen molar-refractivity contribution in [1.29, 1.82) is 0 Å². The largest absolute Gasteiger partial charge is 0.229 e. The number of halogens is 1. The zero-order chi connectivity index (χ0) is 10.9. The molecular formula is C10H21BrO2S. The van der Waals surface area contributed by atoms with Gasteiger partial charge in [-0.05, 0) is 12.8 Å². The second-order valence-corrected chi connectivity index (χ2v) is 6.85. The van der Waals surface area contributed by atoms with Gasteiger partial charge < -0.3 is 0 Å². The highest BCUT2D eigenvalue weighted by Crippen LogP contribution is 2.08. The Kier molecular flexibility index (Phi) is 8.98. The van der Waals surface area contributed by atoms with Crippen molar-refractivity contribution in [3.8, 4) is 0 Å². The highest BCUT2D eigenvalue weighted by molar-refractivity contribution is 9.09. The van der Waals surface area contributed by atoms with E-state index in [2.05, 4.69) is 15.9 Å². The minimum absolute atomic E-state index is 0.356. The van der Waals surface area contributed by atoms with E-state index in [0.717, 1.165) is 18.2 Å². The summed E-state index contributed by atoms with van der Waals surface area (Å²) in [5.74, 6) is 0.356. The average molecular weight is 285 g/mol. The molecule has 4 heteroatoms. The lowest BCUT2D eigenvalue weighted by Gasteiger charge is -2.00. The molecule has 14 heavy (non-hydrogen) atoms. The molecule has 0 bridgehead atoms. The van der Waals surface area contributed by atoms with Crippen molar-refractivity contribution in [1.82, 2.24) is 0 Å². The third kappa shape index (κ3) is 12.4. The molecule has 0 aromatic carbocycles. The number of alkyl halides is 1. The molecule has 0 aliphatic rings. The van der Waals surface area contributed by atoms with E-state index in [4.69, 9.17) is 0 Å². The fraction of sp³-hybridized carbons (Fsp3) is 1.00. The summed E-state index contributed by atoms with van der Waals surface area (Å²) in [6.07, 6.45) is 9.45. The molecule has 0 amide bonds. The summed E-state index contributed by atoms with van der Waals surface area (Å²) in [7, 11) is -2.73. The first-order valence-electron chi connectivity index (χ1n) is 5.30. The molecule has 0 aliphatic heterocycles. The predicted octanol–water partition coefficient (Wildman–Crippen LogP) is 3.16. The van der Waals surface area contributed by atoms with Gasteiger partial charge in [-0.2, -0.15) is 0 Å². The molecule has 0 spiro atoms. The van der Waals surface area contributed by atoms with Gasteiger partial charge in [0.1, 0.15) is 9.84 Å². The quantitative estimate of drug-likeness (QED) is 0.482. The van der Waals surface area contributed by atoms with E-state index in [1.165, 1.54) is 38.4 Å². The predicted molar refractivity (Wildman–Crippen MR) is 65.8 cm³/mol. The first-order chi connectivity index (χ1) is 6.56. The second kappa shape index (κ2) is 8.72. The van der Waals surface area contributed by atoms with Gasteiger partial charge in [-0.25, -0.2) is 8.42 Å². The molecule has 0 aromatic rings. The topological polar surface area (TPSA) is 34.1 Å². The highest BCUT2D eigenvalue weighted by Gasteiger charge is 2.00. The van der Waals surface area contributed by atoms with Gasteiger partial charge in [-0.15, -0.1) is 0 Å². The van der Waals surface area contributed by atoms with E-state index in [1.807, 2.05) is 0 Å². The lowest BCUT2D eigenvalue weighted by molar-refractivity contribution is 0.583. The molecule has 2 nitrogen and oxygen atoms in total. The number of rotatable bonds is 9. The maximum absolute atomic E-state index is 10.8. The Morgan fingerprint density at radius 3 is 1.71 bits per heavy atom. The monoisotopic (exact) mass is 284 g/mol. The van der Waals surface area contributed by atoms with E-state index in [-0.39, 0.29) is 0 Å². The van der Waals surface area contributed by atoms with Crippen LogP contribution < -0.4 is 0 Å². The van der Waals surface area contributed by atoms with Crippen LogP contribution in [0, 0.1) is 0 Å². The van der Waals surface area contributed by atoms with Crippen molar-refractivity contribution in [2.75, 3.05) is 17.3 Å². The third-order valence-corrected chi connectivity index (χ3v) is 3.74. The Labute approximate surface area is 96.5 Å². The molecule has 0 aliphatic carbocycles. The minimum atomic E-state index is -2.73. The van der Waals surface area contributed by atoms with Crippen LogP contribution in [0.5, 0.6) is 0 Å². The van der Waals surface area contributed by atoms with Crippen LogP contribution >= 0.6 is 15.9 Å². The smallest absolute Gasteiger partial charge is 0.147 e. The van der Waals surface area contributed by atoms with Gasteiger partial charge in [0.25, 0.3) is 0 Å². The van der Waals surface area contributed by atoms with Crippen molar-refractivity contribution in [3.05, 3.63) is 0 Å². The maximum Gasteiger partial charge on any atom is 0.147 e. The highest BCUT2D eigenvalue weighted by atomic mass is 79.9. The molecule has 0 heterocycles. The lowest BCUT2D eigenvalue weighted by atomic mass is 10.1. The van der Waals surface area contributed by atoms with Crippen LogP contribution in [-0.2, 0) is 9.84 Å². The van der Waals surface area contributed by atoms with Gasteiger partial charge >= 0.3 is 0 Å².